The molecular formula is C11H19NO3. The molecule has 1 saturated heterocycles. The van der Waals surface area contributed by atoms with Crippen molar-refractivity contribution in [3.8, 4) is 0 Å². The van der Waals surface area contributed by atoms with E-state index in [2.05, 4.69) is 5.32 Å². The second kappa shape index (κ2) is 4.94. The molecule has 0 aromatic rings. The Morgan fingerprint density at radius 2 is 1.93 bits per heavy atom. The molecule has 86 valence electrons. The largest absolute Gasteiger partial charge is 0.393 e. The van der Waals surface area contributed by atoms with E-state index in [1.165, 1.54) is 0 Å². The fourth-order valence-electron chi connectivity index (χ4n) is 2.30. The first kappa shape index (κ1) is 10.9. The van der Waals surface area contributed by atoms with Crippen molar-refractivity contribution in [1.82, 2.24) is 5.32 Å². The Morgan fingerprint density at radius 3 is 2.53 bits per heavy atom. The van der Waals surface area contributed by atoms with Crippen molar-refractivity contribution < 1.29 is 14.6 Å². The van der Waals surface area contributed by atoms with E-state index in [0.717, 1.165) is 38.5 Å². The van der Waals surface area contributed by atoms with Crippen molar-refractivity contribution in [2.75, 3.05) is 6.61 Å². The minimum absolute atomic E-state index is 0.0360. The van der Waals surface area contributed by atoms with Crippen LogP contribution in [-0.4, -0.2) is 35.9 Å². The summed E-state index contributed by atoms with van der Waals surface area (Å²) in [5, 5.41) is 12.3. The smallest absolute Gasteiger partial charge is 0.249 e. The van der Waals surface area contributed by atoms with Crippen molar-refractivity contribution in [3.05, 3.63) is 0 Å². The Kier molecular flexibility index (Phi) is 3.59. The fraction of sp³-hybridized carbons (Fsp3) is 0.909. The summed E-state index contributed by atoms with van der Waals surface area (Å²) in [5.74, 6) is 0.0360. The van der Waals surface area contributed by atoms with Crippen LogP contribution in [0.15, 0.2) is 0 Å². The molecule has 2 N–H and O–H groups in total. The quantitative estimate of drug-likeness (QED) is 0.705. The molecule has 0 bridgehead atoms. The number of hydrogen-bond donors (Lipinski definition) is 2. The van der Waals surface area contributed by atoms with Gasteiger partial charge in [0.2, 0.25) is 5.91 Å². The molecule has 15 heavy (non-hydrogen) atoms. The van der Waals surface area contributed by atoms with Gasteiger partial charge in [0.25, 0.3) is 0 Å². The van der Waals surface area contributed by atoms with E-state index in [1.54, 1.807) is 0 Å². The molecule has 1 atom stereocenters. The monoisotopic (exact) mass is 213 g/mol. The zero-order valence-corrected chi connectivity index (χ0v) is 8.95. The van der Waals surface area contributed by atoms with Gasteiger partial charge in [0, 0.05) is 12.6 Å². The van der Waals surface area contributed by atoms with E-state index in [9.17, 15) is 9.90 Å². The van der Waals surface area contributed by atoms with Crippen molar-refractivity contribution in [2.24, 2.45) is 0 Å². The maximum atomic E-state index is 11.7. The lowest BCUT2D eigenvalue weighted by Gasteiger charge is -2.27. The average Bonchev–Trinajstić information content (AvgIpc) is 2.74. The highest BCUT2D eigenvalue weighted by molar-refractivity contribution is 5.81. The number of aliphatic hydroxyl groups is 1. The Labute approximate surface area is 90.0 Å². The molecular weight excluding hydrogens is 194 g/mol. The molecule has 0 aromatic heterocycles. The lowest BCUT2D eigenvalue weighted by Crippen LogP contribution is -2.43. The molecule has 1 aliphatic carbocycles. The van der Waals surface area contributed by atoms with Gasteiger partial charge in [-0.2, -0.15) is 0 Å². The first-order chi connectivity index (χ1) is 7.25. The maximum Gasteiger partial charge on any atom is 0.249 e. The third kappa shape index (κ3) is 2.92. The molecule has 0 spiro atoms. The van der Waals surface area contributed by atoms with Gasteiger partial charge >= 0.3 is 0 Å². The third-order valence-electron chi connectivity index (χ3n) is 3.27. The van der Waals surface area contributed by atoms with Crippen molar-refractivity contribution in [3.63, 3.8) is 0 Å². The molecule has 1 heterocycles. The van der Waals surface area contributed by atoms with Crippen molar-refractivity contribution in [2.45, 2.75) is 56.8 Å². The van der Waals surface area contributed by atoms with Crippen molar-refractivity contribution >= 4 is 5.91 Å². The van der Waals surface area contributed by atoms with E-state index >= 15 is 0 Å². The van der Waals surface area contributed by atoms with E-state index in [-0.39, 0.29) is 24.2 Å². The van der Waals surface area contributed by atoms with Crippen LogP contribution in [0.1, 0.15) is 38.5 Å². The van der Waals surface area contributed by atoms with E-state index in [0.29, 0.717) is 6.61 Å². The lowest BCUT2D eigenvalue weighted by molar-refractivity contribution is -0.131. The Bertz CT molecular complexity index is 218. The second-order valence-electron chi connectivity index (χ2n) is 4.52. The minimum atomic E-state index is -0.225. The third-order valence-corrected chi connectivity index (χ3v) is 3.27. The zero-order chi connectivity index (χ0) is 10.7. The molecule has 0 unspecified atom stereocenters. The van der Waals surface area contributed by atoms with Crippen LogP contribution in [0.2, 0.25) is 0 Å². The molecule has 0 aromatic carbocycles. The van der Waals surface area contributed by atoms with Gasteiger partial charge in [-0.15, -0.1) is 0 Å². The summed E-state index contributed by atoms with van der Waals surface area (Å²) in [6.07, 6.45) is 4.83. The maximum absolute atomic E-state index is 11.7. The van der Waals surface area contributed by atoms with Crippen LogP contribution in [0.25, 0.3) is 0 Å². The highest BCUT2D eigenvalue weighted by Gasteiger charge is 2.27. The van der Waals surface area contributed by atoms with Gasteiger partial charge in [0.1, 0.15) is 6.10 Å². The molecule has 4 nitrogen and oxygen atoms in total. The normalized spacial score (nSPS) is 36.5. The molecule has 2 rings (SSSR count). The number of nitrogens with one attached hydrogen (secondary N) is 1. The number of hydrogen-bond acceptors (Lipinski definition) is 3. The molecule has 1 saturated carbocycles. The summed E-state index contributed by atoms with van der Waals surface area (Å²) in [7, 11) is 0. The summed E-state index contributed by atoms with van der Waals surface area (Å²) in [6.45, 7) is 0.710. The van der Waals surface area contributed by atoms with Crippen molar-refractivity contribution in [1.29, 1.82) is 0 Å². The summed E-state index contributed by atoms with van der Waals surface area (Å²) in [4.78, 5) is 11.7. The molecule has 1 amide bonds. The van der Waals surface area contributed by atoms with Crippen LogP contribution in [0.3, 0.4) is 0 Å². The van der Waals surface area contributed by atoms with Gasteiger partial charge in [-0.05, 0) is 38.5 Å². The molecule has 0 radical (unpaired) electrons. The predicted octanol–water partition coefficient (Wildman–Crippen LogP) is 0.585. The fourth-order valence-corrected chi connectivity index (χ4v) is 2.30. The number of amides is 1. The number of carbonyl (C=O) groups is 1. The number of rotatable bonds is 2. The van der Waals surface area contributed by atoms with E-state index < -0.39 is 0 Å². The van der Waals surface area contributed by atoms with Gasteiger partial charge in [-0.1, -0.05) is 0 Å². The standard InChI is InChI=1S/C11H19NO3/c13-9-5-3-8(4-6-9)12-11(14)10-2-1-7-15-10/h8-10,13H,1-7H2,(H,12,14)/t8?,9?,10-/m0/s1. The van der Waals surface area contributed by atoms with Gasteiger partial charge < -0.3 is 15.2 Å². The predicted molar refractivity (Wildman–Crippen MR) is 55.4 cm³/mol. The molecule has 2 fully saturated rings. The Hall–Kier alpha value is -0.610. The zero-order valence-electron chi connectivity index (χ0n) is 8.95. The van der Waals surface area contributed by atoms with Gasteiger partial charge in [0.15, 0.2) is 0 Å². The van der Waals surface area contributed by atoms with Crippen LogP contribution in [0.5, 0.6) is 0 Å². The number of carbonyl (C=O) groups excluding carboxylic acids is 1. The van der Waals surface area contributed by atoms with Crippen LogP contribution in [0.4, 0.5) is 0 Å². The summed E-state index contributed by atoms with van der Waals surface area (Å²) < 4.78 is 5.32. The topological polar surface area (TPSA) is 58.6 Å². The number of aliphatic hydroxyl groups excluding tert-OH is 1. The molecule has 4 heteroatoms. The number of ether oxygens (including phenoxy) is 1. The molecule has 2 aliphatic rings. The van der Waals surface area contributed by atoms with Gasteiger partial charge in [-0.3, -0.25) is 4.79 Å². The van der Waals surface area contributed by atoms with Crippen LogP contribution in [0, 0.1) is 0 Å². The lowest BCUT2D eigenvalue weighted by atomic mass is 9.93. The first-order valence-corrected chi connectivity index (χ1v) is 5.86. The second-order valence-corrected chi connectivity index (χ2v) is 4.52. The van der Waals surface area contributed by atoms with Gasteiger partial charge in [-0.25, -0.2) is 0 Å². The molecule has 1 aliphatic heterocycles. The van der Waals surface area contributed by atoms with E-state index in [4.69, 9.17) is 4.74 Å². The van der Waals surface area contributed by atoms with Gasteiger partial charge in [0.05, 0.1) is 6.10 Å². The van der Waals surface area contributed by atoms with Crippen LogP contribution >= 0.6 is 0 Å². The summed E-state index contributed by atoms with van der Waals surface area (Å²) >= 11 is 0. The summed E-state index contributed by atoms with van der Waals surface area (Å²) in [6, 6.07) is 0.241. The van der Waals surface area contributed by atoms with Crippen LogP contribution < -0.4 is 5.32 Å². The minimum Gasteiger partial charge on any atom is -0.393 e. The SMILES string of the molecule is O=C(NC1CCC(O)CC1)[C@@H]1CCCO1. The summed E-state index contributed by atoms with van der Waals surface area (Å²) in [5.41, 5.74) is 0. The van der Waals surface area contributed by atoms with E-state index in [1.807, 2.05) is 0 Å². The Balaban J connectivity index is 1.74. The van der Waals surface area contributed by atoms with Crippen LogP contribution in [-0.2, 0) is 9.53 Å². The first-order valence-electron chi connectivity index (χ1n) is 5.86. The highest BCUT2D eigenvalue weighted by atomic mass is 16.5. The highest BCUT2D eigenvalue weighted by Crippen LogP contribution is 2.19. The average molecular weight is 213 g/mol. The Morgan fingerprint density at radius 1 is 1.20 bits per heavy atom.